The van der Waals surface area contributed by atoms with E-state index in [4.69, 9.17) is 5.11 Å². The lowest BCUT2D eigenvalue weighted by Gasteiger charge is -2.30. The average Bonchev–Trinajstić information content (AvgIpc) is 2.55. The second-order valence-electron chi connectivity index (χ2n) is 5.90. The van der Waals surface area contributed by atoms with Gasteiger partial charge in [0.1, 0.15) is 4.90 Å². The second kappa shape index (κ2) is 5.53. The van der Waals surface area contributed by atoms with Crippen molar-refractivity contribution < 1.29 is 18.3 Å². The average molecular weight is 303 g/mol. The molecule has 0 aromatic carbocycles. The van der Waals surface area contributed by atoms with Gasteiger partial charge in [0.25, 0.3) is 0 Å². The molecular formula is C12H21N3O4S. The molecule has 20 heavy (non-hydrogen) atoms. The van der Waals surface area contributed by atoms with Crippen molar-refractivity contribution in [2.24, 2.45) is 5.41 Å². The molecule has 0 radical (unpaired) electrons. The van der Waals surface area contributed by atoms with Gasteiger partial charge in [-0.3, -0.25) is 9.89 Å². The number of hydrogen-bond acceptors (Lipinski definition) is 4. The van der Waals surface area contributed by atoms with Crippen molar-refractivity contribution >= 4 is 16.0 Å². The first-order chi connectivity index (χ1) is 8.95. The molecule has 0 amide bonds. The van der Waals surface area contributed by atoms with Crippen LogP contribution in [-0.2, 0) is 14.8 Å². The first-order valence-corrected chi connectivity index (χ1v) is 7.69. The largest absolute Gasteiger partial charge is 0.481 e. The van der Waals surface area contributed by atoms with Crippen LogP contribution in [0.3, 0.4) is 0 Å². The normalized spacial score (nSPS) is 14.2. The zero-order chi connectivity index (χ0) is 15.7. The van der Waals surface area contributed by atoms with E-state index in [2.05, 4.69) is 14.9 Å². The van der Waals surface area contributed by atoms with Gasteiger partial charge in [-0.05, 0) is 19.3 Å². The maximum absolute atomic E-state index is 12.4. The van der Waals surface area contributed by atoms with Gasteiger partial charge in [0, 0.05) is 6.04 Å². The summed E-state index contributed by atoms with van der Waals surface area (Å²) in [6, 6.07) is -0.710. The zero-order valence-electron chi connectivity index (χ0n) is 12.3. The molecule has 0 fully saturated rings. The number of aromatic amines is 1. The molecule has 1 rings (SSSR count). The number of H-pyrrole nitrogens is 1. The van der Waals surface area contributed by atoms with Crippen LogP contribution in [0.15, 0.2) is 4.90 Å². The monoisotopic (exact) mass is 303 g/mol. The molecule has 3 N–H and O–H groups in total. The lowest BCUT2D eigenvalue weighted by atomic mass is 9.85. The van der Waals surface area contributed by atoms with Crippen LogP contribution in [0.5, 0.6) is 0 Å². The minimum atomic E-state index is -3.81. The van der Waals surface area contributed by atoms with Gasteiger partial charge in [-0.2, -0.15) is 5.10 Å². The Morgan fingerprint density at radius 1 is 1.40 bits per heavy atom. The molecule has 1 unspecified atom stereocenters. The summed E-state index contributed by atoms with van der Waals surface area (Å²) in [5.74, 6) is -1.05. The van der Waals surface area contributed by atoms with Crippen molar-refractivity contribution in [3.8, 4) is 0 Å². The van der Waals surface area contributed by atoms with E-state index in [1.807, 2.05) is 0 Å². The molecular weight excluding hydrogens is 282 g/mol. The van der Waals surface area contributed by atoms with Gasteiger partial charge in [0.05, 0.1) is 17.8 Å². The summed E-state index contributed by atoms with van der Waals surface area (Å²) < 4.78 is 27.3. The lowest BCUT2D eigenvalue weighted by Crippen LogP contribution is -2.45. The van der Waals surface area contributed by atoms with E-state index < -0.39 is 27.4 Å². The number of carboxylic acid groups (broad SMARTS) is 1. The first kappa shape index (κ1) is 16.6. The lowest BCUT2D eigenvalue weighted by molar-refractivity contribution is -0.138. The van der Waals surface area contributed by atoms with Gasteiger partial charge in [-0.15, -0.1) is 0 Å². The molecule has 1 atom stereocenters. The van der Waals surface area contributed by atoms with Crippen LogP contribution in [0.25, 0.3) is 0 Å². The third kappa shape index (κ3) is 3.80. The number of carbonyl (C=O) groups is 1. The third-order valence-electron chi connectivity index (χ3n) is 3.05. The molecule has 114 valence electrons. The predicted molar refractivity (Wildman–Crippen MR) is 73.9 cm³/mol. The van der Waals surface area contributed by atoms with E-state index in [-0.39, 0.29) is 11.3 Å². The molecule has 0 aliphatic heterocycles. The van der Waals surface area contributed by atoms with Gasteiger partial charge in [0.2, 0.25) is 10.0 Å². The molecule has 0 aliphatic carbocycles. The number of sulfonamides is 1. The SMILES string of the molecule is Cc1n[nH]c(C)c1S(=O)(=O)NC(CC(=O)O)C(C)(C)C. The molecule has 0 aliphatic rings. The number of carboxylic acids is 1. The van der Waals surface area contributed by atoms with Crippen molar-refractivity contribution in [3.05, 3.63) is 11.4 Å². The topological polar surface area (TPSA) is 112 Å². The molecule has 1 heterocycles. The van der Waals surface area contributed by atoms with Crippen molar-refractivity contribution in [2.75, 3.05) is 0 Å². The summed E-state index contributed by atoms with van der Waals surface area (Å²) >= 11 is 0. The van der Waals surface area contributed by atoms with E-state index in [0.29, 0.717) is 11.4 Å². The molecule has 0 bridgehead atoms. The standard InChI is InChI=1S/C12H21N3O4S/c1-7-11(8(2)14-13-7)20(18,19)15-9(6-10(16)17)12(3,4)5/h9,15H,6H2,1-5H3,(H,13,14)(H,16,17). The molecule has 8 heteroatoms. The van der Waals surface area contributed by atoms with Crippen LogP contribution in [0.4, 0.5) is 0 Å². The van der Waals surface area contributed by atoms with Gasteiger partial charge in [-0.25, -0.2) is 13.1 Å². The third-order valence-corrected chi connectivity index (χ3v) is 4.78. The summed E-state index contributed by atoms with van der Waals surface area (Å²) in [6.07, 6.45) is -0.279. The Hall–Kier alpha value is -1.41. The molecule has 1 aromatic rings. The number of rotatable bonds is 5. The highest BCUT2D eigenvalue weighted by Crippen LogP contribution is 2.25. The van der Waals surface area contributed by atoms with Crippen LogP contribution >= 0.6 is 0 Å². The second-order valence-corrected chi connectivity index (χ2v) is 7.55. The van der Waals surface area contributed by atoms with Gasteiger partial charge in [-0.1, -0.05) is 20.8 Å². The van der Waals surface area contributed by atoms with Crippen LogP contribution in [-0.4, -0.2) is 35.7 Å². The number of nitrogens with zero attached hydrogens (tertiary/aromatic N) is 1. The fourth-order valence-corrected chi connectivity index (χ4v) is 3.69. The zero-order valence-corrected chi connectivity index (χ0v) is 13.1. The highest BCUT2D eigenvalue weighted by atomic mass is 32.2. The van der Waals surface area contributed by atoms with Crippen LogP contribution < -0.4 is 4.72 Å². The summed E-state index contributed by atoms with van der Waals surface area (Å²) in [5, 5.41) is 15.4. The molecule has 0 spiro atoms. The molecule has 7 nitrogen and oxygen atoms in total. The minimum Gasteiger partial charge on any atom is -0.481 e. The van der Waals surface area contributed by atoms with E-state index >= 15 is 0 Å². The van der Waals surface area contributed by atoms with Gasteiger partial charge in [0.15, 0.2) is 0 Å². The number of nitrogens with one attached hydrogen (secondary N) is 2. The summed E-state index contributed by atoms with van der Waals surface area (Å²) in [5.41, 5.74) is 0.271. The van der Waals surface area contributed by atoms with Crippen LogP contribution in [0.1, 0.15) is 38.6 Å². The Morgan fingerprint density at radius 3 is 2.30 bits per heavy atom. The summed E-state index contributed by atoms with van der Waals surface area (Å²) in [4.78, 5) is 11.0. The highest BCUT2D eigenvalue weighted by molar-refractivity contribution is 7.89. The predicted octanol–water partition coefficient (Wildman–Crippen LogP) is 1.19. The maximum atomic E-state index is 12.4. The molecule has 0 saturated heterocycles. The van der Waals surface area contributed by atoms with E-state index in [0.717, 1.165) is 0 Å². The van der Waals surface area contributed by atoms with E-state index in [1.165, 1.54) is 0 Å². The highest BCUT2D eigenvalue weighted by Gasteiger charge is 2.33. The van der Waals surface area contributed by atoms with Crippen molar-refractivity contribution in [2.45, 2.75) is 52.0 Å². The summed E-state index contributed by atoms with van der Waals surface area (Å²) in [6.45, 7) is 8.56. The van der Waals surface area contributed by atoms with Gasteiger partial charge >= 0.3 is 5.97 Å². The number of aromatic nitrogens is 2. The number of aliphatic carboxylic acids is 1. The smallest absolute Gasteiger partial charge is 0.304 e. The Bertz CT molecular complexity index is 579. The maximum Gasteiger partial charge on any atom is 0.304 e. The quantitative estimate of drug-likeness (QED) is 0.756. The molecule has 1 aromatic heterocycles. The van der Waals surface area contributed by atoms with Crippen LogP contribution in [0, 0.1) is 19.3 Å². The Kier molecular flexibility index (Phi) is 4.60. The number of hydrogen-bond donors (Lipinski definition) is 3. The first-order valence-electron chi connectivity index (χ1n) is 6.21. The van der Waals surface area contributed by atoms with Crippen LogP contribution in [0.2, 0.25) is 0 Å². The van der Waals surface area contributed by atoms with Crippen molar-refractivity contribution in [1.29, 1.82) is 0 Å². The Labute approximate surface area is 118 Å². The Morgan fingerprint density at radius 2 is 1.95 bits per heavy atom. The summed E-state index contributed by atoms with van der Waals surface area (Å²) in [7, 11) is -3.81. The fraction of sp³-hybridized carbons (Fsp3) is 0.667. The Balaban J connectivity index is 3.13. The van der Waals surface area contributed by atoms with Crippen molar-refractivity contribution in [1.82, 2.24) is 14.9 Å². The van der Waals surface area contributed by atoms with E-state index in [9.17, 15) is 13.2 Å². The van der Waals surface area contributed by atoms with E-state index in [1.54, 1.807) is 34.6 Å². The number of aryl methyl sites for hydroxylation is 2. The minimum absolute atomic E-state index is 0.0807. The fourth-order valence-electron chi connectivity index (χ4n) is 1.88. The van der Waals surface area contributed by atoms with Crippen molar-refractivity contribution in [3.63, 3.8) is 0 Å². The van der Waals surface area contributed by atoms with Gasteiger partial charge < -0.3 is 5.11 Å². The molecule has 0 saturated carbocycles.